The number of carbonyl (C=O) groups excluding carboxylic acids is 1. The molecule has 23 heavy (non-hydrogen) atoms. The van der Waals surface area contributed by atoms with Gasteiger partial charge in [0.25, 0.3) is 11.6 Å². The van der Waals surface area contributed by atoms with E-state index in [2.05, 4.69) is 24.5 Å². The van der Waals surface area contributed by atoms with Crippen LogP contribution in [0.2, 0.25) is 5.02 Å². The summed E-state index contributed by atoms with van der Waals surface area (Å²) in [5.41, 5.74) is -0.171. The second-order valence-electron chi connectivity index (χ2n) is 6.23. The van der Waals surface area contributed by atoms with Gasteiger partial charge in [-0.15, -0.1) is 12.4 Å². The fraction of sp³-hybridized carbons (Fsp3) is 0.533. The van der Waals surface area contributed by atoms with Crippen molar-refractivity contribution in [2.75, 3.05) is 13.1 Å². The zero-order valence-corrected chi connectivity index (χ0v) is 14.7. The van der Waals surface area contributed by atoms with Gasteiger partial charge in [-0.3, -0.25) is 14.9 Å². The van der Waals surface area contributed by atoms with Gasteiger partial charge in [0, 0.05) is 23.7 Å². The van der Waals surface area contributed by atoms with Gasteiger partial charge in [-0.2, -0.15) is 0 Å². The molecule has 2 rings (SSSR count). The molecule has 1 heterocycles. The molecule has 1 fully saturated rings. The summed E-state index contributed by atoms with van der Waals surface area (Å²) in [4.78, 5) is 22.7. The Bertz CT molecular complexity index is 593. The van der Waals surface area contributed by atoms with Crippen molar-refractivity contribution in [2.24, 2.45) is 5.41 Å². The van der Waals surface area contributed by atoms with Crippen LogP contribution in [0.1, 0.15) is 37.0 Å². The van der Waals surface area contributed by atoms with E-state index < -0.39 is 10.8 Å². The number of nitrogens with zero attached hydrogens (tertiary/aromatic N) is 1. The monoisotopic (exact) mass is 361 g/mol. The Hall–Kier alpha value is -1.37. The average Bonchev–Trinajstić information content (AvgIpc) is 2.45. The van der Waals surface area contributed by atoms with Crippen molar-refractivity contribution in [1.29, 1.82) is 0 Å². The summed E-state index contributed by atoms with van der Waals surface area (Å²) >= 11 is 5.84. The van der Waals surface area contributed by atoms with Crippen molar-refractivity contribution < 1.29 is 9.72 Å². The van der Waals surface area contributed by atoms with E-state index in [1.54, 1.807) is 0 Å². The van der Waals surface area contributed by atoms with E-state index in [-0.39, 0.29) is 35.1 Å². The van der Waals surface area contributed by atoms with Gasteiger partial charge in [0.15, 0.2) is 0 Å². The molecule has 1 aliphatic rings. The smallest absolute Gasteiger partial charge is 0.282 e. The maximum Gasteiger partial charge on any atom is 0.282 e. The second-order valence-corrected chi connectivity index (χ2v) is 6.66. The summed E-state index contributed by atoms with van der Waals surface area (Å²) in [6.07, 6.45) is 2.19. The SMILES string of the molecule is CC1(C)CCCNC1CNC(=O)c1cc(Cl)ccc1[N+](=O)[O-].Cl. The number of benzene rings is 1. The lowest BCUT2D eigenvalue weighted by Gasteiger charge is -2.39. The maximum absolute atomic E-state index is 12.3. The third-order valence-corrected chi connectivity index (χ3v) is 4.43. The molecule has 0 bridgehead atoms. The predicted molar refractivity (Wildman–Crippen MR) is 92.5 cm³/mol. The molecule has 1 atom stereocenters. The highest BCUT2D eigenvalue weighted by Crippen LogP contribution is 2.30. The Kier molecular flexibility index (Phi) is 6.80. The first-order valence-corrected chi connectivity index (χ1v) is 7.64. The van der Waals surface area contributed by atoms with Crippen molar-refractivity contribution in [1.82, 2.24) is 10.6 Å². The van der Waals surface area contributed by atoms with Crippen LogP contribution in [0.15, 0.2) is 18.2 Å². The molecule has 8 heteroatoms. The first-order valence-electron chi connectivity index (χ1n) is 7.27. The molecule has 0 aliphatic carbocycles. The topological polar surface area (TPSA) is 84.3 Å². The fourth-order valence-corrected chi connectivity index (χ4v) is 2.93. The molecule has 1 aromatic carbocycles. The Morgan fingerprint density at radius 1 is 1.52 bits per heavy atom. The lowest BCUT2D eigenvalue weighted by atomic mass is 9.77. The van der Waals surface area contributed by atoms with Gasteiger partial charge in [-0.05, 0) is 36.9 Å². The van der Waals surface area contributed by atoms with Gasteiger partial charge in [0.2, 0.25) is 0 Å². The summed E-state index contributed by atoms with van der Waals surface area (Å²) < 4.78 is 0. The number of carbonyl (C=O) groups is 1. The molecule has 0 aromatic heterocycles. The number of rotatable bonds is 4. The van der Waals surface area contributed by atoms with E-state index >= 15 is 0 Å². The van der Waals surface area contributed by atoms with Crippen molar-refractivity contribution in [3.63, 3.8) is 0 Å². The molecule has 128 valence electrons. The van der Waals surface area contributed by atoms with Crippen LogP contribution in [-0.4, -0.2) is 30.0 Å². The molecular formula is C15H21Cl2N3O3. The van der Waals surface area contributed by atoms with Crippen molar-refractivity contribution in [2.45, 2.75) is 32.7 Å². The second kappa shape index (κ2) is 7.95. The summed E-state index contributed by atoms with van der Waals surface area (Å²) in [5, 5.41) is 17.5. The van der Waals surface area contributed by atoms with Crippen molar-refractivity contribution >= 4 is 35.6 Å². The summed E-state index contributed by atoms with van der Waals surface area (Å²) in [6.45, 7) is 5.65. The van der Waals surface area contributed by atoms with Crippen LogP contribution in [0.4, 0.5) is 5.69 Å². The Morgan fingerprint density at radius 3 is 2.83 bits per heavy atom. The van der Waals surface area contributed by atoms with Crippen LogP contribution >= 0.6 is 24.0 Å². The van der Waals surface area contributed by atoms with Gasteiger partial charge in [-0.25, -0.2) is 0 Å². The van der Waals surface area contributed by atoms with E-state index in [1.165, 1.54) is 18.2 Å². The molecule has 1 aliphatic heterocycles. The largest absolute Gasteiger partial charge is 0.350 e. The number of nitro groups is 1. The van der Waals surface area contributed by atoms with Crippen LogP contribution < -0.4 is 10.6 Å². The average molecular weight is 362 g/mol. The Labute approximate surface area is 146 Å². The van der Waals surface area contributed by atoms with Crippen molar-refractivity contribution in [3.8, 4) is 0 Å². The summed E-state index contributed by atoms with van der Waals surface area (Å²) in [6, 6.07) is 4.12. The minimum Gasteiger partial charge on any atom is -0.350 e. The first kappa shape index (κ1) is 19.7. The zero-order valence-electron chi connectivity index (χ0n) is 13.1. The lowest BCUT2D eigenvalue weighted by Crippen LogP contribution is -2.52. The van der Waals surface area contributed by atoms with Gasteiger partial charge < -0.3 is 10.6 Å². The summed E-state index contributed by atoms with van der Waals surface area (Å²) in [5.74, 6) is -0.475. The lowest BCUT2D eigenvalue weighted by molar-refractivity contribution is -0.385. The number of hydrogen-bond acceptors (Lipinski definition) is 4. The third kappa shape index (κ3) is 4.80. The molecule has 1 saturated heterocycles. The van der Waals surface area contributed by atoms with E-state index in [1.807, 2.05) is 0 Å². The van der Waals surface area contributed by atoms with Crippen LogP contribution in [-0.2, 0) is 0 Å². The molecule has 2 N–H and O–H groups in total. The van der Waals surface area contributed by atoms with Crippen LogP contribution in [0, 0.1) is 15.5 Å². The van der Waals surface area contributed by atoms with Crippen LogP contribution in [0.5, 0.6) is 0 Å². The normalized spacial score (nSPS) is 19.5. The van der Waals surface area contributed by atoms with Crippen LogP contribution in [0.3, 0.4) is 0 Å². The maximum atomic E-state index is 12.3. The number of halogens is 2. The zero-order chi connectivity index (χ0) is 16.3. The quantitative estimate of drug-likeness (QED) is 0.637. The fourth-order valence-electron chi connectivity index (χ4n) is 2.76. The van der Waals surface area contributed by atoms with Crippen molar-refractivity contribution in [3.05, 3.63) is 38.9 Å². The standard InChI is InChI=1S/C15H20ClN3O3.ClH/c1-15(2)6-3-7-17-13(15)9-18-14(20)11-8-10(16)4-5-12(11)19(21)22;/h4-5,8,13,17H,3,6-7,9H2,1-2H3,(H,18,20);1H. The number of piperidine rings is 1. The minimum absolute atomic E-state index is 0. The molecule has 1 unspecified atom stereocenters. The molecule has 1 aromatic rings. The highest BCUT2D eigenvalue weighted by atomic mass is 35.5. The van der Waals surface area contributed by atoms with Gasteiger partial charge in [-0.1, -0.05) is 25.4 Å². The van der Waals surface area contributed by atoms with Gasteiger partial charge in [0.1, 0.15) is 5.56 Å². The Morgan fingerprint density at radius 2 is 2.22 bits per heavy atom. The first-order chi connectivity index (χ1) is 10.3. The van der Waals surface area contributed by atoms with Gasteiger partial charge in [0.05, 0.1) is 4.92 Å². The van der Waals surface area contributed by atoms with E-state index in [4.69, 9.17) is 11.6 Å². The third-order valence-electron chi connectivity index (χ3n) is 4.20. The molecule has 6 nitrogen and oxygen atoms in total. The number of amides is 1. The predicted octanol–water partition coefficient (Wildman–Crippen LogP) is 3.18. The number of nitro benzene ring substituents is 1. The molecular weight excluding hydrogens is 341 g/mol. The highest BCUT2D eigenvalue weighted by molar-refractivity contribution is 6.31. The summed E-state index contributed by atoms with van der Waals surface area (Å²) in [7, 11) is 0. The Balaban J connectivity index is 0.00000264. The number of nitrogens with one attached hydrogen (secondary N) is 2. The number of hydrogen-bond donors (Lipinski definition) is 2. The van der Waals surface area contributed by atoms with Crippen LogP contribution in [0.25, 0.3) is 0 Å². The molecule has 0 spiro atoms. The van der Waals surface area contributed by atoms with E-state index in [9.17, 15) is 14.9 Å². The molecule has 0 radical (unpaired) electrons. The van der Waals surface area contributed by atoms with Gasteiger partial charge >= 0.3 is 0 Å². The molecule has 1 amide bonds. The van der Waals surface area contributed by atoms with E-state index in [0.717, 1.165) is 19.4 Å². The highest BCUT2D eigenvalue weighted by Gasteiger charge is 2.32. The van der Waals surface area contributed by atoms with E-state index in [0.29, 0.717) is 11.6 Å². The minimum atomic E-state index is -0.575. The molecule has 0 saturated carbocycles.